The van der Waals surface area contributed by atoms with E-state index in [1.54, 1.807) is 11.0 Å². The Morgan fingerprint density at radius 1 is 0.943 bits per heavy atom. The van der Waals surface area contributed by atoms with Gasteiger partial charge in [-0.2, -0.15) is 0 Å². The van der Waals surface area contributed by atoms with Crippen molar-refractivity contribution >= 4 is 34.2 Å². The van der Waals surface area contributed by atoms with Crippen LogP contribution in [0.2, 0.25) is 0 Å². The molecule has 9 nitrogen and oxygen atoms in total. The van der Waals surface area contributed by atoms with E-state index >= 15 is 0 Å². The van der Waals surface area contributed by atoms with Gasteiger partial charge in [-0.15, -0.1) is 0 Å². The molecule has 0 aliphatic carbocycles. The van der Waals surface area contributed by atoms with Gasteiger partial charge in [0.25, 0.3) is 11.8 Å². The van der Waals surface area contributed by atoms with Crippen LogP contribution in [0, 0.1) is 0 Å². The number of ether oxygens (including phenoxy) is 4. The van der Waals surface area contributed by atoms with Crippen LogP contribution >= 0.6 is 0 Å². The first-order valence-electron chi connectivity index (χ1n) is 11.2. The Kier molecular flexibility index (Phi) is 7.79. The maximum absolute atomic E-state index is 12.5. The second-order valence-electron chi connectivity index (χ2n) is 7.80. The maximum atomic E-state index is 12.5. The van der Waals surface area contributed by atoms with E-state index in [0.717, 1.165) is 10.8 Å². The molecule has 4 rings (SSSR count). The number of rotatable bonds is 8. The fourth-order valence-electron chi connectivity index (χ4n) is 3.69. The highest BCUT2D eigenvalue weighted by Crippen LogP contribution is 2.28. The highest BCUT2D eigenvalue weighted by molar-refractivity contribution is 6.03. The second kappa shape index (κ2) is 11.3. The fraction of sp³-hybridized carbons (Fsp3) is 0.269. The van der Waals surface area contributed by atoms with Crippen LogP contribution in [0.5, 0.6) is 11.5 Å². The van der Waals surface area contributed by atoms with E-state index in [0.29, 0.717) is 37.7 Å². The Bertz CT molecular complexity index is 1220. The number of nitrogens with one attached hydrogen (secondary N) is 1. The first-order chi connectivity index (χ1) is 17.0. The molecule has 0 spiro atoms. The number of nitrogens with zero attached hydrogens (tertiary/aromatic N) is 1. The minimum Gasteiger partial charge on any atom is -0.493 e. The standard InChI is InChI=1S/C26H26N2O7/c1-32-23-15-19(9-10-22(23)34-17-25(30)28-11-13-33-14-12-28)26(31)35-16-24(29)27-21-8-4-6-18-5-2-3-7-20(18)21/h2-10,15H,11-14,16-17H2,1H3,(H,27,29). The predicted octanol–water partition coefficient (Wildman–Crippen LogP) is 2.88. The third-order valence-corrected chi connectivity index (χ3v) is 5.51. The Balaban J connectivity index is 1.32. The lowest BCUT2D eigenvalue weighted by Crippen LogP contribution is -2.43. The largest absolute Gasteiger partial charge is 0.493 e. The number of morpholine rings is 1. The average molecular weight is 479 g/mol. The molecule has 0 saturated carbocycles. The Labute approximate surface area is 202 Å². The number of hydrogen-bond acceptors (Lipinski definition) is 7. The molecule has 3 aromatic rings. The van der Waals surface area contributed by atoms with Crippen LogP contribution in [0.1, 0.15) is 10.4 Å². The zero-order chi connectivity index (χ0) is 24.6. The third-order valence-electron chi connectivity index (χ3n) is 5.51. The lowest BCUT2D eigenvalue weighted by molar-refractivity contribution is -0.137. The first kappa shape index (κ1) is 24.0. The molecular weight excluding hydrogens is 452 g/mol. The summed E-state index contributed by atoms with van der Waals surface area (Å²) in [6, 6.07) is 17.7. The monoisotopic (exact) mass is 478 g/mol. The second-order valence-corrected chi connectivity index (χ2v) is 7.80. The average Bonchev–Trinajstić information content (AvgIpc) is 2.91. The number of benzene rings is 3. The van der Waals surface area contributed by atoms with E-state index in [4.69, 9.17) is 18.9 Å². The maximum Gasteiger partial charge on any atom is 0.338 e. The summed E-state index contributed by atoms with van der Waals surface area (Å²) in [5.74, 6) is -0.708. The van der Waals surface area contributed by atoms with Crippen LogP contribution in [0.4, 0.5) is 5.69 Å². The minimum absolute atomic E-state index is 0.156. The molecule has 182 valence electrons. The van der Waals surface area contributed by atoms with Crippen molar-refractivity contribution in [2.45, 2.75) is 0 Å². The van der Waals surface area contributed by atoms with Crippen LogP contribution in [0.25, 0.3) is 10.8 Å². The molecule has 1 saturated heterocycles. The van der Waals surface area contributed by atoms with Gasteiger partial charge in [-0.1, -0.05) is 36.4 Å². The Morgan fingerprint density at radius 2 is 1.71 bits per heavy atom. The number of esters is 1. The summed E-state index contributed by atoms with van der Waals surface area (Å²) in [5, 5.41) is 4.65. The molecule has 1 fully saturated rings. The molecule has 35 heavy (non-hydrogen) atoms. The zero-order valence-corrected chi connectivity index (χ0v) is 19.3. The van der Waals surface area contributed by atoms with Crippen LogP contribution in [-0.4, -0.2) is 69.3 Å². The van der Waals surface area contributed by atoms with E-state index in [-0.39, 0.29) is 23.8 Å². The molecule has 0 atom stereocenters. The molecule has 0 bridgehead atoms. The summed E-state index contributed by atoms with van der Waals surface area (Å²) in [7, 11) is 1.43. The zero-order valence-electron chi connectivity index (χ0n) is 19.3. The summed E-state index contributed by atoms with van der Waals surface area (Å²) in [6.07, 6.45) is 0. The smallest absolute Gasteiger partial charge is 0.338 e. The van der Waals surface area contributed by atoms with Crippen molar-refractivity contribution in [1.29, 1.82) is 0 Å². The Morgan fingerprint density at radius 3 is 2.51 bits per heavy atom. The molecule has 0 unspecified atom stereocenters. The van der Waals surface area contributed by atoms with Gasteiger partial charge >= 0.3 is 5.97 Å². The van der Waals surface area contributed by atoms with Gasteiger partial charge in [0.1, 0.15) is 0 Å². The summed E-state index contributed by atoms with van der Waals surface area (Å²) in [4.78, 5) is 38.8. The van der Waals surface area contributed by atoms with Crippen LogP contribution in [-0.2, 0) is 19.1 Å². The minimum atomic E-state index is -0.688. The highest BCUT2D eigenvalue weighted by atomic mass is 16.5. The van der Waals surface area contributed by atoms with Gasteiger partial charge in [-0.3, -0.25) is 9.59 Å². The molecular formula is C26H26N2O7. The molecule has 0 aromatic heterocycles. The lowest BCUT2D eigenvalue weighted by atomic mass is 10.1. The van der Waals surface area contributed by atoms with Crippen LogP contribution < -0.4 is 14.8 Å². The topological polar surface area (TPSA) is 103 Å². The molecule has 1 aliphatic rings. The SMILES string of the molecule is COc1cc(C(=O)OCC(=O)Nc2cccc3ccccc23)ccc1OCC(=O)N1CCOCC1. The highest BCUT2D eigenvalue weighted by Gasteiger charge is 2.19. The van der Waals surface area contributed by atoms with Crippen molar-refractivity contribution in [2.24, 2.45) is 0 Å². The number of carbonyl (C=O) groups excluding carboxylic acids is 3. The van der Waals surface area contributed by atoms with Crippen LogP contribution in [0.15, 0.2) is 60.7 Å². The van der Waals surface area contributed by atoms with Crippen molar-refractivity contribution in [3.63, 3.8) is 0 Å². The summed E-state index contributed by atoms with van der Waals surface area (Å²) >= 11 is 0. The van der Waals surface area contributed by atoms with Gasteiger partial charge < -0.3 is 29.2 Å². The van der Waals surface area contributed by atoms with Crippen molar-refractivity contribution < 1.29 is 33.3 Å². The quantitative estimate of drug-likeness (QED) is 0.497. The number of hydrogen-bond donors (Lipinski definition) is 1. The van der Waals surface area contributed by atoms with Crippen molar-refractivity contribution in [1.82, 2.24) is 4.90 Å². The van der Waals surface area contributed by atoms with E-state index in [1.807, 2.05) is 36.4 Å². The number of fused-ring (bicyclic) bond motifs is 1. The van der Waals surface area contributed by atoms with E-state index < -0.39 is 18.5 Å². The first-order valence-corrected chi connectivity index (χ1v) is 11.2. The van der Waals surface area contributed by atoms with Gasteiger partial charge in [0.05, 0.1) is 25.9 Å². The molecule has 3 aromatic carbocycles. The van der Waals surface area contributed by atoms with Gasteiger partial charge in [-0.25, -0.2) is 4.79 Å². The Hall–Kier alpha value is -4.11. The normalized spacial score (nSPS) is 13.2. The van der Waals surface area contributed by atoms with Crippen molar-refractivity contribution in [3.05, 3.63) is 66.2 Å². The van der Waals surface area contributed by atoms with E-state index in [1.165, 1.54) is 25.3 Å². The lowest BCUT2D eigenvalue weighted by Gasteiger charge is -2.26. The summed E-state index contributed by atoms with van der Waals surface area (Å²) in [6.45, 7) is 1.46. The molecule has 9 heteroatoms. The van der Waals surface area contributed by atoms with Gasteiger partial charge in [0.15, 0.2) is 24.7 Å². The molecule has 1 aliphatic heterocycles. The molecule has 1 heterocycles. The fourth-order valence-corrected chi connectivity index (χ4v) is 3.69. The van der Waals surface area contributed by atoms with Crippen molar-refractivity contribution in [2.75, 3.05) is 51.9 Å². The van der Waals surface area contributed by atoms with Crippen molar-refractivity contribution in [3.8, 4) is 11.5 Å². The third kappa shape index (κ3) is 6.07. The van der Waals surface area contributed by atoms with Gasteiger partial charge in [0, 0.05) is 24.2 Å². The summed E-state index contributed by atoms with van der Waals surface area (Å²) < 4.78 is 21.3. The van der Waals surface area contributed by atoms with E-state index in [9.17, 15) is 14.4 Å². The molecule has 1 N–H and O–H groups in total. The van der Waals surface area contributed by atoms with Gasteiger partial charge in [-0.05, 0) is 29.7 Å². The number of carbonyl (C=O) groups is 3. The van der Waals surface area contributed by atoms with Crippen LogP contribution in [0.3, 0.4) is 0 Å². The number of anilines is 1. The number of amides is 2. The number of methoxy groups -OCH3 is 1. The van der Waals surface area contributed by atoms with Gasteiger partial charge in [0.2, 0.25) is 0 Å². The summed E-state index contributed by atoms with van der Waals surface area (Å²) in [5.41, 5.74) is 0.825. The van der Waals surface area contributed by atoms with E-state index in [2.05, 4.69) is 5.32 Å². The molecule has 0 radical (unpaired) electrons. The molecule has 2 amide bonds. The predicted molar refractivity (Wildman–Crippen MR) is 129 cm³/mol.